The molecule has 1 saturated heterocycles. The van der Waals surface area contributed by atoms with Crippen LogP contribution in [0.25, 0.3) is 22.0 Å². The van der Waals surface area contributed by atoms with Gasteiger partial charge >= 0.3 is 0 Å². The van der Waals surface area contributed by atoms with Gasteiger partial charge in [0.25, 0.3) is 0 Å². The molecule has 0 atom stereocenters. The fraction of sp³-hybridized carbons (Fsp3) is 0.381. The van der Waals surface area contributed by atoms with Gasteiger partial charge in [0.1, 0.15) is 12.1 Å². The molecule has 1 N–H and O–H groups in total. The molecule has 1 aromatic carbocycles. The summed E-state index contributed by atoms with van der Waals surface area (Å²) in [4.78, 5) is 15.6. The second kappa shape index (κ2) is 7.48. The smallest absolute Gasteiger partial charge is 0.235 e. The van der Waals surface area contributed by atoms with Crippen LogP contribution in [0.3, 0.4) is 0 Å². The van der Waals surface area contributed by atoms with Gasteiger partial charge in [0.15, 0.2) is 0 Å². The molecule has 2 aromatic heterocycles. The van der Waals surface area contributed by atoms with Crippen LogP contribution in [0.1, 0.15) is 18.5 Å². The first-order chi connectivity index (χ1) is 14.5. The van der Waals surface area contributed by atoms with E-state index in [2.05, 4.69) is 24.6 Å². The summed E-state index contributed by atoms with van der Waals surface area (Å²) in [7, 11) is -3.35. The highest BCUT2D eigenvalue weighted by atomic mass is 32.2. The molecule has 8 nitrogen and oxygen atoms in total. The van der Waals surface area contributed by atoms with Crippen LogP contribution in [0.5, 0.6) is 0 Å². The lowest BCUT2D eigenvalue weighted by molar-refractivity contribution is 0.122. The highest BCUT2D eigenvalue weighted by molar-refractivity contribution is 7.93. The fourth-order valence-corrected chi connectivity index (χ4v) is 5.10. The van der Waals surface area contributed by atoms with Gasteiger partial charge in [-0.1, -0.05) is 6.07 Å². The van der Waals surface area contributed by atoms with E-state index in [1.165, 1.54) is 0 Å². The standard InChI is InChI=1S/C21H23N5O3S/c1-14-20(25-30(27,28)17-3-4-17)11-16(12-22-14)15-2-5-19-18(10-15)21(24-13-23-19)26-6-8-29-9-7-26/h2,5,10-13,17,25H,3-4,6-9H2,1H3. The molecule has 3 aromatic rings. The second-order valence-corrected chi connectivity index (χ2v) is 9.69. The zero-order chi connectivity index (χ0) is 20.7. The molecule has 9 heteroatoms. The number of nitrogens with one attached hydrogen (secondary N) is 1. The van der Waals surface area contributed by atoms with Gasteiger partial charge in [-0.2, -0.15) is 0 Å². The second-order valence-electron chi connectivity index (χ2n) is 7.73. The lowest BCUT2D eigenvalue weighted by Gasteiger charge is -2.28. The van der Waals surface area contributed by atoms with Crippen molar-refractivity contribution in [2.45, 2.75) is 25.0 Å². The highest BCUT2D eigenvalue weighted by Crippen LogP contribution is 2.33. The van der Waals surface area contributed by atoms with Crippen LogP contribution in [0, 0.1) is 6.92 Å². The van der Waals surface area contributed by atoms with E-state index in [1.54, 1.807) is 19.4 Å². The average Bonchev–Trinajstić information content (AvgIpc) is 3.61. The largest absolute Gasteiger partial charge is 0.378 e. The van der Waals surface area contributed by atoms with Crippen molar-refractivity contribution < 1.29 is 13.2 Å². The minimum atomic E-state index is -3.35. The lowest BCUT2D eigenvalue weighted by Crippen LogP contribution is -2.36. The van der Waals surface area contributed by atoms with Gasteiger partial charge < -0.3 is 9.64 Å². The molecule has 0 radical (unpaired) electrons. The van der Waals surface area contributed by atoms with Crippen molar-refractivity contribution in [3.63, 3.8) is 0 Å². The zero-order valence-electron chi connectivity index (χ0n) is 16.7. The third-order valence-corrected chi connectivity index (χ3v) is 7.41. The number of fused-ring (bicyclic) bond motifs is 1. The Morgan fingerprint density at radius 2 is 1.87 bits per heavy atom. The molecule has 3 heterocycles. The van der Waals surface area contributed by atoms with Crippen molar-refractivity contribution in [1.29, 1.82) is 0 Å². The van der Waals surface area contributed by atoms with Crippen LogP contribution in [0.2, 0.25) is 0 Å². The molecule has 5 rings (SSSR count). The van der Waals surface area contributed by atoms with Crippen molar-refractivity contribution in [2.24, 2.45) is 0 Å². The number of morpholine rings is 1. The number of benzene rings is 1. The monoisotopic (exact) mass is 425 g/mol. The Bertz CT molecular complexity index is 1200. The molecular weight excluding hydrogens is 402 g/mol. The summed E-state index contributed by atoms with van der Waals surface area (Å²) in [5.41, 5.74) is 3.82. The average molecular weight is 426 g/mol. The number of rotatable bonds is 5. The van der Waals surface area contributed by atoms with Gasteiger partial charge in [-0.25, -0.2) is 18.4 Å². The summed E-state index contributed by atoms with van der Waals surface area (Å²) < 4.78 is 33.0. The van der Waals surface area contributed by atoms with Gasteiger partial charge in [-0.15, -0.1) is 0 Å². The third-order valence-electron chi connectivity index (χ3n) is 5.56. The van der Waals surface area contributed by atoms with Crippen LogP contribution in [0.15, 0.2) is 36.8 Å². The number of anilines is 2. The van der Waals surface area contributed by atoms with Crippen molar-refractivity contribution in [3.05, 3.63) is 42.5 Å². The summed E-state index contributed by atoms with van der Waals surface area (Å²) in [6.07, 6.45) is 4.79. The van der Waals surface area contributed by atoms with Crippen LogP contribution in [-0.2, 0) is 14.8 Å². The molecule has 0 bridgehead atoms. The molecule has 0 unspecified atom stereocenters. The lowest BCUT2D eigenvalue weighted by atomic mass is 10.0. The fourth-order valence-electron chi connectivity index (χ4n) is 3.66. The maximum atomic E-state index is 12.4. The first-order valence-corrected chi connectivity index (χ1v) is 11.6. The predicted molar refractivity (Wildman–Crippen MR) is 116 cm³/mol. The normalized spacial score (nSPS) is 17.3. The van der Waals surface area contributed by atoms with E-state index in [0.717, 1.165) is 53.8 Å². The molecule has 1 aliphatic carbocycles. The summed E-state index contributed by atoms with van der Waals surface area (Å²) in [5.74, 6) is 0.889. The number of pyridine rings is 1. The summed E-state index contributed by atoms with van der Waals surface area (Å²) in [6.45, 7) is 4.74. The Morgan fingerprint density at radius 1 is 1.07 bits per heavy atom. The number of hydrogen-bond acceptors (Lipinski definition) is 7. The number of ether oxygens (including phenoxy) is 1. The first-order valence-electron chi connectivity index (χ1n) is 10.1. The molecule has 1 aliphatic heterocycles. The van der Waals surface area contributed by atoms with E-state index < -0.39 is 10.0 Å². The van der Waals surface area contributed by atoms with Gasteiger partial charge in [0.05, 0.1) is 35.4 Å². The van der Waals surface area contributed by atoms with Crippen LogP contribution in [-0.4, -0.2) is 54.9 Å². The van der Waals surface area contributed by atoms with Crippen molar-refractivity contribution in [3.8, 4) is 11.1 Å². The van der Waals surface area contributed by atoms with E-state index in [-0.39, 0.29) is 5.25 Å². The SMILES string of the molecule is Cc1ncc(-c2ccc3ncnc(N4CCOCC4)c3c2)cc1NS(=O)(=O)C1CC1. The van der Waals surface area contributed by atoms with E-state index in [9.17, 15) is 8.42 Å². The Hall–Kier alpha value is -2.78. The number of sulfonamides is 1. The molecule has 1 saturated carbocycles. The van der Waals surface area contributed by atoms with E-state index in [4.69, 9.17) is 4.74 Å². The van der Waals surface area contributed by atoms with E-state index in [1.807, 2.05) is 24.3 Å². The third kappa shape index (κ3) is 3.70. The first kappa shape index (κ1) is 19.2. The topological polar surface area (TPSA) is 97.3 Å². The molecule has 156 valence electrons. The van der Waals surface area contributed by atoms with E-state index >= 15 is 0 Å². The van der Waals surface area contributed by atoms with Crippen LogP contribution >= 0.6 is 0 Å². The Labute approximate surface area is 175 Å². The predicted octanol–water partition coefficient (Wildman–Crippen LogP) is 2.74. The van der Waals surface area contributed by atoms with Gasteiger partial charge in [0, 0.05) is 30.2 Å². The number of aryl methyl sites for hydroxylation is 1. The highest BCUT2D eigenvalue weighted by Gasteiger charge is 2.36. The maximum Gasteiger partial charge on any atom is 0.235 e. The van der Waals surface area contributed by atoms with Crippen LogP contribution in [0.4, 0.5) is 11.5 Å². The van der Waals surface area contributed by atoms with Gasteiger partial charge in [0.2, 0.25) is 10.0 Å². The molecule has 2 fully saturated rings. The minimum Gasteiger partial charge on any atom is -0.378 e. The van der Waals surface area contributed by atoms with E-state index in [0.29, 0.717) is 24.6 Å². The van der Waals surface area contributed by atoms with Crippen molar-refractivity contribution in [1.82, 2.24) is 15.0 Å². The molecule has 30 heavy (non-hydrogen) atoms. The number of nitrogens with zero attached hydrogens (tertiary/aromatic N) is 4. The maximum absolute atomic E-state index is 12.4. The molecule has 2 aliphatic rings. The molecule has 0 amide bonds. The minimum absolute atomic E-state index is 0.283. The Balaban J connectivity index is 1.53. The molecule has 0 spiro atoms. The quantitative estimate of drug-likeness (QED) is 0.671. The van der Waals surface area contributed by atoms with Gasteiger partial charge in [-0.3, -0.25) is 9.71 Å². The van der Waals surface area contributed by atoms with Crippen molar-refractivity contribution in [2.75, 3.05) is 35.9 Å². The summed E-state index contributed by atoms with van der Waals surface area (Å²) in [6, 6.07) is 7.83. The number of hydrogen-bond donors (Lipinski definition) is 1. The van der Waals surface area contributed by atoms with Crippen molar-refractivity contribution >= 4 is 32.4 Å². The number of aromatic nitrogens is 3. The van der Waals surface area contributed by atoms with Gasteiger partial charge in [-0.05, 0) is 43.5 Å². The Kier molecular flexibility index (Phi) is 4.79. The summed E-state index contributed by atoms with van der Waals surface area (Å²) in [5, 5.41) is 0.673. The summed E-state index contributed by atoms with van der Waals surface area (Å²) >= 11 is 0. The Morgan fingerprint density at radius 3 is 2.63 bits per heavy atom. The molecular formula is C21H23N5O3S. The van der Waals surface area contributed by atoms with Crippen LogP contribution < -0.4 is 9.62 Å². The zero-order valence-corrected chi connectivity index (χ0v) is 17.5.